The quantitative estimate of drug-likeness (QED) is 0.404. The summed E-state index contributed by atoms with van der Waals surface area (Å²) in [5.74, 6) is 0. The van der Waals surface area contributed by atoms with Crippen molar-refractivity contribution in [1.82, 2.24) is 5.48 Å². The van der Waals surface area contributed by atoms with Crippen LogP contribution in [0.4, 0.5) is 0 Å². The van der Waals surface area contributed by atoms with E-state index in [1.807, 2.05) is 0 Å². The lowest BCUT2D eigenvalue weighted by Gasteiger charge is -1.80. The molecule has 0 aromatic rings. The van der Waals surface area contributed by atoms with Crippen molar-refractivity contribution in [2.45, 2.75) is 6.04 Å². The Morgan fingerprint density at radius 3 is 3.00 bits per heavy atom. The first kappa shape index (κ1) is 3.33. The van der Waals surface area contributed by atoms with Gasteiger partial charge in [0.2, 0.25) is 0 Å². The van der Waals surface area contributed by atoms with E-state index in [1.54, 1.807) is 0 Å². The smallest absolute Gasteiger partial charge is 0.263 e. The van der Waals surface area contributed by atoms with Crippen LogP contribution in [0.1, 0.15) is 0 Å². The zero-order valence-electron chi connectivity index (χ0n) is 2.82. The zero-order valence-corrected chi connectivity index (χ0v) is 3.82. The van der Waals surface area contributed by atoms with Gasteiger partial charge in [0.05, 0.1) is 0 Å². The van der Waals surface area contributed by atoms with Crippen LogP contribution in [0, 0.1) is 0 Å². The van der Waals surface area contributed by atoms with Gasteiger partial charge in [0.15, 0.2) is 0 Å². The lowest BCUT2D eigenvalue weighted by molar-refractivity contribution is 0.246. The summed E-state index contributed by atoms with van der Waals surface area (Å²) in [6.07, 6.45) is 0. The van der Waals surface area contributed by atoms with Gasteiger partial charge in [0.25, 0.3) is 9.76 Å². The SMILES string of the molecule is C1C[Si]ON1. The van der Waals surface area contributed by atoms with Crippen LogP contribution >= 0.6 is 0 Å². The lowest BCUT2D eigenvalue weighted by Crippen LogP contribution is -2.02. The van der Waals surface area contributed by atoms with E-state index < -0.39 is 0 Å². The van der Waals surface area contributed by atoms with E-state index in [0.29, 0.717) is 9.76 Å². The molecule has 3 heteroatoms. The fourth-order valence-corrected chi connectivity index (χ4v) is 0.765. The van der Waals surface area contributed by atoms with Crippen molar-refractivity contribution >= 4 is 9.76 Å². The predicted molar refractivity (Wildman–Crippen MR) is 19.6 cm³/mol. The van der Waals surface area contributed by atoms with Crippen molar-refractivity contribution < 1.29 is 4.53 Å². The van der Waals surface area contributed by atoms with Gasteiger partial charge in [-0.25, -0.2) is 5.48 Å². The summed E-state index contributed by atoms with van der Waals surface area (Å²) < 4.78 is 4.72. The maximum atomic E-state index is 4.72. The molecule has 0 atom stereocenters. The summed E-state index contributed by atoms with van der Waals surface area (Å²) in [7, 11) is 0.698. The summed E-state index contributed by atoms with van der Waals surface area (Å²) in [5, 5.41) is 0. The fourth-order valence-electron chi connectivity index (χ4n) is 0.255. The largest absolute Gasteiger partial charge is 0.346 e. The first-order chi connectivity index (χ1) is 2.50. The van der Waals surface area contributed by atoms with Crippen molar-refractivity contribution in [2.24, 2.45) is 0 Å². The Bertz CT molecular complexity index is 21.2. The summed E-state index contributed by atoms with van der Waals surface area (Å²) >= 11 is 0. The first-order valence-electron chi connectivity index (χ1n) is 1.62. The van der Waals surface area contributed by atoms with Crippen molar-refractivity contribution in [2.75, 3.05) is 6.54 Å². The molecule has 5 heavy (non-hydrogen) atoms. The maximum Gasteiger partial charge on any atom is 0.263 e. The van der Waals surface area contributed by atoms with Gasteiger partial charge < -0.3 is 4.53 Å². The van der Waals surface area contributed by atoms with Crippen LogP contribution in [0.5, 0.6) is 0 Å². The van der Waals surface area contributed by atoms with Gasteiger partial charge >= 0.3 is 0 Å². The fraction of sp³-hybridized carbons (Fsp3) is 1.00. The zero-order chi connectivity index (χ0) is 3.54. The molecule has 2 radical (unpaired) electrons. The number of hydrogen-bond acceptors (Lipinski definition) is 2. The molecule has 1 aliphatic rings. The third-order valence-corrected chi connectivity index (χ3v) is 1.22. The van der Waals surface area contributed by atoms with Gasteiger partial charge in [-0.3, -0.25) is 0 Å². The van der Waals surface area contributed by atoms with Crippen LogP contribution in [0.2, 0.25) is 6.04 Å². The minimum atomic E-state index is 0.698. The van der Waals surface area contributed by atoms with E-state index in [9.17, 15) is 0 Å². The summed E-state index contributed by atoms with van der Waals surface area (Å²) in [6, 6.07) is 1.19. The molecule has 1 fully saturated rings. The molecule has 0 saturated carbocycles. The highest BCUT2D eigenvalue weighted by atomic mass is 28.2. The van der Waals surface area contributed by atoms with Crippen LogP contribution < -0.4 is 5.48 Å². The molecule has 1 saturated heterocycles. The lowest BCUT2D eigenvalue weighted by atomic mass is 10.8. The van der Waals surface area contributed by atoms with E-state index in [2.05, 4.69) is 5.48 Å². The molecule has 2 nitrogen and oxygen atoms in total. The molecule has 1 heterocycles. The van der Waals surface area contributed by atoms with Crippen molar-refractivity contribution in [3.63, 3.8) is 0 Å². The number of hydroxylamine groups is 1. The molecule has 1 aliphatic heterocycles. The normalized spacial score (nSPS) is 24.0. The number of rotatable bonds is 0. The van der Waals surface area contributed by atoms with Crippen LogP contribution in [0.3, 0.4) is 0 Å². The van der Waals surface area contributed by atoms with Gasteiger partial charge in [-0.2, -0.15) is 0 Å². The first-order valence-corrected chi connectivity index (χ1v) is 2.73. The van der Waals surface area contributed by atoms with E-state index in [1.165, 1.54) is 6.04 Å². The van der Waals surface area contributed by atoms with Crippen LogP contribution in [0.15, 0.2) is 0 Å². The molecular weight excluding hydrogens is 82.1 g/mol. The summed E-state index contributed by atoms with van der Waals surface area (Å²) in [6.45, 7) is 1.04. The highest BCUT2D eigenvalue weighted by Gasteiger charge is 1.96. The maximum absolute atomic E-state index is 4.72. The van der Waals surface area contributed by atoms with E-state index in [0.717, 1.165) is 6.54 Å². The second-order valence-corrected chi connectivity index (χ2v) is 1.88. The van der Waals surface area contributed by atoms with Crippen molar-refractivity contribution in [3.05, 3.63) is 0 Å². The Hall–Kier alpha value is 0.137. The summed E-state index contributed by atoms with van der Waals surface area (Å²) in [4.78, 5) is 0. The Balaban J connectivity index is 2.08. The Kier molecular flexibility index (Phi) is 1.03. The average Bonchev–Trinajstić information content (AvgIpc) is 1.76. The van der Waals surface area contributed by atoms with Gasteiger partial charge in [-0.05, 0) is 6.04 Å². The summed E-state index contributed by atoms with van der Waals surface area (Å²) in [5.41, 5.74) is 2.73. The Labute approximate surface area is 33.4 Å². The van der Waals surface area contributed by atoms with E-state index >= 15 is 0 Å². The minimum Gasteiger partial charge on any atom is -0.346 e. The Morgan fingerprint density at radius 2 is 2.80 bits per heavy atom. The van der Waals surface area contributed by atoms with Gasteiger partial charge in [0.1, 0.15) is 0 Å². The molecule has 0 unspecified atom stereocenters. The van der Waals surface area contributed by atoms with Gasteiger partial charge in [0, 0.05) is 6.54 Å². The van der Waals surface area contributed by atoms with E-state index in [4.69, 9.17) is 4.53 Å². The molecule has 0 aromatic carbocycles. The predicted octanol–water partition coefficient (Wildman–Crippen LogP) is -0.441. The Morgan fingerprint density at radius 1 is 1.80 bits per heavy atom. The molecule has 1 rings (SSSR count). The van der Waals surface area contributed by atoms with Gasteiger partial charge in [-0.15, -0.1) is 0 Å². The topological polar surface area (TPSA) is 21.3 Å². The number of nitrogens with one attached hydrogen (secondary N) is 1. The van der Waals surface area contributed by atoms with Crippen molar-refractivity contribution in [3.8, 4) is 0 Å². The number of hydrogen-bond donors (Lipinski definition) is 1. The molecule has 0 aliphatic carbocycles. The monoisotopic (exact) mass is 87.0 g/mol. The molecule has 28 valence electrons. The van der Waals surface area contributed by atoms with Crippen LogP contribution in [-0.2, 0) is 4.53 Å². The van der Waals surface area contributed by atoms with Crippen LogP contribution in [0.25, 0.3) is 0 Å². The molecule has 0 aromatic heterocycles. The average molecular weight is 87.2 g/mol. The molecule has 0 bridgehead atoms. The van der Waals surface area contributed by atoms with Crippen LogP contribution in [-0.4, -0.2) is 16.3 Å². The molecule has 1 N–H and O–H groups in total. The molecule has 0 spiro atoms. The van der Waals surface area contributed by atoms with Crippen molar-refractivity contribution in [1.29, 1.82) is 0 Å². The third kappa shape index (κ3) is 0.716. The minimum absolute atomic E-state index is 0.698. The second-order valence-electron chi connectivity index (χ2n) is 0.891. The molecular formula is C2H5NOSi. The standard InChI is InChI=1S/C2H5NOSi/c1-2-5-4-3-1/h3H,1-2H2. The highest BCUT2D eigenvalue weighted by molar-refractivity contribution is 6.27. The molecule has 0 amide bonds. The second kappa shape index (κ2) is 1.54. The van der Waals surface area contributed by atoms with Gasteiger partial charge in [-0.1, -0.05) is 0 Å². The van der Waals surface area contributed by atoms with E-state index in [-0.39, 0.29) is 0 Å². The third-order valence-electron chi connectivity index (χ3n) is 0.473. The highest BCUT2D eigenvalue weighted by Crippen LogP contribution is 1.82.